The summed E-state index contributed by atoms with van der Waals surface area (Å²) in [6.45, 7) is 3.77. The molecule has 1 aromatic rings. The summed E-state index contributed by atoms with van der Waals surface area (Å²) in [5.41, 5.74) is 1.06. The fourth-order valence-electron chi connectivity index (χ4n) is 1.07. The highest BCUT2D eigenvalue weighted by Crippen LogP contribution is 2.18. The SMILES string of the molecule is CC(C)(Cc1cccnc1)[S+](N)[O-]. The first kappa shape index (κ1) is 10.5. The lowest BCUT2D eigenvalue weighted by atomic mass is 10.0. The van der Waals surface area contributed by atoms with E-state index < -0.39 is 11.4 Å². The molecule has 0 saturated carbocycles. The molecule has 1 unspecified atom stereocenters. The van der Waals surface area contributed by atoms with E-state index in [9.17, 15) is 4.55 Å². The minimum Gasteiger partial charge on any atom is -0.598 e. The van der Waals surface area contributed by atoms with Gasteiger partial charge in [-0.3, -0.25) is 4.98 Å². The minimum absolute atomic E-state index is 0.386. The molecule has 1 heterocycles. The molecule has 2 N–H and O–H groups in total. The van der Waals surface area contributed by atoms with E-state index in [1.165, 1.54) is 0 Å². The second-order valence-corrected chi connectivity index (χ2v) is 5.30. The summed E-state index contributed by atoms with van der Waals surface area (Å²) in [6, 6.07) is 3.83. The van der Waals surface area contributed by atoms with E-state index in [-0.39, 0.29) is 4.75 Å². The van der Waals surface area contributed by atoms with Crippen molar-refractivity contribution in [2.75, 3.05) is 0 Å². The van der Waals surface area contributed by atoms with Gasteiger partial charge >= 0.3 is 0 Å². The van der Waals surface area contributed by atoms with Crippen LogP contribution in [0.15, 0.2) is 24.5 Å². The molecule has 0 bridgehead atoms. The van der Waals surface area contributed by atoms with Crippen LogP contribution in [0.2, 0.25) is 0 Å². The molecule has 72 valence electrons. The Morgan fingerprint density at radius 2 is 2.31 bits per heavy atom. The number of hydrogen-bond acceptors (Lipinski definition) is 3. The van der Waals surface area contributed by atoms with Gasteiger partial charge < -0.3 is 4.55 Å². The van der Waals surface area contributed by atoms with Crippen LogP contribution in [0.1, 0.15) is 19.4 Å². The largest absolute Gasteiger partial charge is 0.598 e. The molecule has 3 nitrogen and oxygen atoms in total. The van der Waals surface area contributed by atoms with Crippen LogP contribution in [0.5, 0.6) is 0 Å². The van der Waals surface area contributed by atoms with E-state index in [4.69, 9.17) is 5.14 Å². The highest BCUT2D eigenvalue weighted by atomic mass is 32.2. The zero-order chi connectivity index (χ0) is 9.90. The molecule has 0 saturated heterocycles. The van der Waals surface area contributed by atoms with E-state index >= 15 is 0 Å². The Kier molecular flexibility index (Phi) is 3.30. The average Bonchev–Trinajstić information content (AvgIpc) is 2.05. The van der Waals surface area contributed by atoms with Crippen molar-refractivity contribution in [2.24, 2.45) is 5.14 Å². The number of hydrogen-bond donors (Lipinski definition) is 1. The Labute approximate surface area is 81.7 Å². The van der Waals surface area contributed by atoms with Gasteiger partial charge in [0.25, 0.3) is 0 Å². The van der Waals surface area contributed by atoms with Crippen molar-refractivity contribution in [3.05, 3.63) is 30.1 Å². The summed E-state index contributed by atoms with van der Waals surface area (Å²) in [6.07, 6.45) is 4.18. The predicted molar refractivity (Wildman–Crippen MR) is 54.3 cm³/mol. The van der Waals surface area contributed by atoms with Gasteiger partial charge in [-0.15, -0.1) is 0 Å². The molecular weight excluding hydrogens is 184 g/mol. The maximum atomic E-state index is 11.1. The Balaban J connectivity index is 2.69. The highest BCUT2D eigenvalue weighted by molar-refractivity contribution is 7.90. The second-order valence-electron chi connectivity index (χ2n) is 3.60. The number of nitrogens with zero attached hydrogens (tertiary/aromatic N) is 1. The van der Waals surface area contributed by atoms with E-state index in [1.807, 2.05) is 26.0 Å². The van der Waals surface area contributed by atoms with Crippen molar-refractivity contribution in [1.82, 2.24) is 4.98 Å². The summed E-state index contributed by atoms with van der Waals surface area (Å²) >= 11 is -1.30. The van der Waals surface area contributed by atoms with Gasteiger partial charge in [0.15, 0.2) is 0 Å². The highest BCUT2D eigenvalue weighted by Gasteiger charge is 2.29. The first-order valence-corrected chi connectivity index (χ1v) is 5.29. The zero-order valence-corrected chi connectivity index (χ0v) is 8.67. The third kappa shape index (κ3) is 2.99. The summed E-state index contributed by atoms with van der Waals surface area (Å²) < 4.78 is 10.8. The van der Waals surface area contributed by atoms with Gasteiger partial charge in [0.05, 0.1) is 0 Å². The van der Waals surface area contributed by atoms with Crippen LogP contribution in [0.3, 0.4) is 0 Å². The zero-order valence-electron chi connectivity index (χ0n) is 7.86. The van der Waals surface area contributed by atoms with Gasteiger partial charge in [-0.2, -0.15) is 5.14 Å². The number of nitrogens with two attached hydrogens (primary N) is 1. The first-order chi connectivity index (χ1) is 6.02. The summed E-state index contributed by atoms with van der Waals surface area (Å²) in [5.74, 6) is 0. The number of rotatable bonds is 3. The van der Waals surface area contributed by atoms with Crippen molar-refractivity contribution in [2.45, 2.75) is 25.0 Å². The molecule has 0 fully saturated rings. The molecule has 0 aliphatic rings. The van der Waals surface area contributed by atoms with Crippen LogP contribution < -0.4 is 5.14 Å². The normalized spacial score (nSPS) is 14.2. The topological polar surface area (TPSA) is 62.0 Å². The van der Waals surface area contributed by atoms with Crippen molar-refractivity contribution in [3.8, 4) is 0 Å². The molecule has 0 aliphatic carbocycles. The van der Waals surface area contributed by atoms with Crippen molar-refractivity contribution >= 4 is 11.4 Å². The Hall–Kier alpha value is -0.580. The summed E-state index contributed by atoms with van der Waals surface area (Å²) in [5, 5.41) is 5.37. The fourth-order valence-corrected chi connectivity index (χ4v) is 1.37. The molecule has 1 atom stereocenters. The molecular formula is C9H14N2OS. The third-order valence-corrected chi connectivity index (χ3v) is 3.13. The lowest BCUT2D eigenvalue weighted by Crippen LogP contribution is -2.39. The van der Waals surface area contributed by atoms with Crippen LogP contribution in [0, 0.1) is 0 Å². The predicted octanol–water partition coefficient (Wildman–Crippen LogP) is 1.03. The molecule has 0 amide bonds. The van der Waals surface area contributed by atoms with Gasteiger partial charge in [0, 0.05) is 30.2 Å². The minimum atomic E-state index is -1.30. The van der Waals surface area contributed by atoms with Crippen molar-refractivity contribution in [1.29, 1.82) is 0 Å². The molecule has 0 spiro atoms. The van der Waals surface area contributed by atoms with Gasteiger partial charge in [0.2, 0.25) is 0 Å². The van der Waals surface area contributed by atoms with Crippen LogP contribution >= 0.6 is 0 Å². The molecule has 1 aromatic heterocycles. The quantitative estimate of drug-likeness (QED) is 0.738. The number of pyridine rings is 1. The van der Waals surface area contributed by atoms with E-state index in [2.05, 4.69) is 4.98 Å². The Bertz CT molecular complexity index is 262. The molecule has 0 aromatic carbocycles. The fraction of sp³-hybridized carbons (Fsp3) is 0.444. The summed E-state index contributed by atoms with van der Waals surface area (Å²) in [7, 11) is 0. The van der Waals surface area contributed by atoms with Gasteiger partial charge in [0.1, 0.15) is 4.75 Å². The van der Waals surface area contributed by atoms with E-state index in [1.54, 1.807) is 12.4 Å². The van der Waals surface area contributed by atoms with Gasteiger partial charge in [-0.25, -0.2) is 0 Å². The smallest absolute Gasteiger partial charge is 0.143 e. The van der Waals surface area contributed by atoms with Crippen molar-refractivity contribution in [3.63, 3.8) is 0 Å². The van der Waals surface area contributed by atoms with Crippen LogP contribution in [-0.2, 0) is 17.8 Å². The van der Waals surface area contributed by atoms with Crippen LogP contribution in [0.25, 0.3) is 0 Å². The second kappa shape index (κ2) is 4.09. The average molecular weight is 198 g/mol. The maximum Gasteiger partial charge on any atom is 0.143 e. The molecule has 0 radical (unpaired) electrons. The Morgan fingerprint density at radius 3 is 2.77 bits per heavy atom. The standard InChI is InChI=1S/C9H14N2OS/c1-9(2,13(10)12)6-8-4-3-5-11-7-8/h3-5,7H,6,10H2,1-2H3. The van der Waals surface area contributed by atoms with Gasteiger partial charge in [-0.1, -0.05) is 6.07 Å². The van der Waals surface area contributed by atoms with E-state index in [0.717, 1.165) is 5.56 Å². The first-order valence-electron chi connectivity index (χ1n) is 4.07. The van der Waals surface area contributed by atoms with E-state index in [0.29, 0.717) is 6.42 Å². The maximum absolute atomic E-state index is 11.1. The van der Waals surface area contributed by atoms with Crippen molar-refractivity contribution < 1.29 is 4.55 Å². The lowest BCUT2D eigenvalue weighted by molar-refractivity contribution is 0.544. The third-order valence-electron chi connectivity index (χ3n) is 1.90. The molecule has 4 heteroatoms. The van der Waals surface area contributed by atoms with Crippen LogP contribution in [-0.4, -0.2) is 14.3 Å². The summed E-state index contributed by atoms with van der Waals surface area (Å²) in [4.78, 5) is 3.99. The molecule has 0 aliphatic heterocycles. The van der Waals surface area contributed by atoms with Gasteiger partial charge in [-0.05, 0) is 25.5 Å². The molecule has 13 heavy (non-hydrogen) atoms. The Morgan fingerprint density at radius 1 is 1.62 bits per heavy atom. The van der Waals surface area contributed by atoms with Crippen LogP contribution in [0.4, 0.5) is 0 Å². The lowest BCUT2D eigenvalue weighted by Gasteiger charge is -2.23. The molecule has 1 rings (SSSR count). The monoisotopic (exact) mass is 198 g/mol. The number of aromatic nitrogens is 1.